The largest absolute Gasteiger partial charge is 0.497 e. The highest BCUT2D eigenvalue weighted by molar-refractivity contribution is 7.90. The van der Waals surface area contributed by atoms with Crippen molar-refractivity contribution in [3.63, 3.8) is 0 Å². The van der Waals surface area contributed by atoms with Gasteiger partial charge in [0.25, 0.3) is 10.0 Å². The van der Waals surface area contributed by atoms with Gasteiger partial charge in [0.1, 0.15) is 11.5 Å². The molecule has 0 aliphatic carbocycles. The van der Waals surface area contributed by atoms with Crippen LogP contribution in [0.15, 0.2) is 52.2 Å². The number of aromatic nitrogens is 2. The van der Waals surface area contributed by atoms with Crippen LogP contribution in [-0.4, -0.2) is 30.7 Å². The first-order valence-corrected chi connectivity index (χ1v) is 12.1. The van der Waals surface area contributed by atoms with E-state index in [9.17, 15) is 13.2 Å². The van der Waals surface area contributed by atoms with Gasteiger partial charge in [-0.25, -0.2) is 13.2 Å². The van der Waals surface area contributed by atoms with Crippen molar-refractivity contribution in [3.05, 3.63) is 52.9 Å². The molecule has 32 heavy (non-hydrogen) atoms. The number of methoxy groups -OCH3 is 1. The molecule has 7 nitrogen and oxygen atoms in total. The molecule has 0 saturated carbocycles. The summed E-state index contributed by atoms with van der Waals surface area (Å²) in [5, 5.41) is 0. The Kier molecular flexibility index (Phi) is 6.21. The van der Waals surface area contributed by atoms with Gasteiger partial charge in [-0.15, -0.1) is 0 Å². The van der Waals surface area contributed by atoms with E-state index >= 15 is 0 Å². The third-order valence-electron chi connectivity index (χ3n) is 5.23. The Morgan fingerprint density at radius 1 is 0.938 bits per heavy atom. The molecule has 0 bridgehead atoms. The van der Waals surface area contributed by atoms with Crippen LogP contribution in [0.3, 0.4) is 0 Å². The first-order valence-electron chi connectivity index (χ1n) is 10.6. The smallest absolute Gasteiger partial charge is 0.343 e. The van der Waals surface area contributed by atoms with E-state index in [4.69, 9.17) is 9.47 Å². The van der Waals surface area contributed by atoms with E-state index in [1.54, 1.807) is 34.9 Å². The molecule has 0 saturated heterocycles. The summed E-state index contributed by atoms with van der Waals surface area (Å²) in [6.45, 7) is 12.5. The van der Waals surface area contributed by atoms with Crippen molar-refractivity contribution in [1.29, 1.82) is 0 Å². The predicted molar refractivity (Wildman–Crippen MR) is 126 cm³/mol. The van der Waals surface area contributed by atoms with E-state index in [0.29, 0.717) is 35.6 Å². The second-order valence-corrected chi connectivity index (χ2v) is 11.5. The molecule has 174 valence electrons. The summed E-state index contributed by atoms with van der Waals surface area (Å²) in [5.74, 6) is 0.978. The minimum absolute atomic E-state index is 0.0134. The van der Waals surface area contributed by atoms with E-state index in [2.05, 4.69) is 20.8 Å². The van der Waals surface area contributed by atoms with Gasteiger partial charge in [-0.05, 0) is 56.9 Å². The highest BCUT2D eigenvalue weighted by Crippen LogP contribution is 2.35. The molecule has 0 fully saturated rings. The predicted octanol–water partition coefficient (Wildman–Crippen LogP) is 4.62. The molecule has 0 amide bonds. The number of rotatable bonds is 7. The maximum atomic E-state index is 13.7. The van der Waals surface area contributed by atoms with Gasteiger partial charge in [0.05, 0.1) is 29.6 Å². The second-order valence-electron chi connectivity index (χ2n) is 9.70. The number of ether oxygens (including phenoxy) is 2. The third-order valence-corrected chi connectivity index (χ3v) is 6.91. The molecule has 0 aliphatic heterocycles. The molecule has 1 aromatic heterocycles. The van der Waals surface area contributed by atoms with Crippen LogP contribution in [0.5, 0.6) is 11.5 Å². The molecule has 3 aromatic rings. The summed E-state index contributed by atoms with van der Waals surface area (Å²) in [7, 11) is -2.71. The van der Waals surface area contributed by atoms with Gasteiger partial charge in [0, 0.05) is 17.7 Å². The normalized spacial score (nSPS) is 12.8. The van der Waals surface area contributed by atoms with Gasteiger partial charge in [-0.1, -0.05) is 26.8 Å². The van der Waals surface area contributed by atoms with Crippen LogP contribution < -0.4 is 15.2 Å². The number of hydrogen-bond donors (Lipinski definition) is 0. The molecule has 0 spiro atoms. The first-order chi connectivity index (χ1) is 14.8. The molecule has 2 aromatic carbocycles. The first kappa shape index (κ1) is 23.9. The van der Waals surface area contributed by atoms with E-state index in [-0.39, 0.29) is 10.3 Å². The summed E-state index contributed by atoms with van der Waals surface area (Å²) < 4.78 is 40.6. The highest BCUT2D eigenvalue weighted by atomic mass is 32.2. The SMILES string of the molecule is CCOc1ccc2c(c1)n(C(C)(C)CC(C)(C)C)c(=O)n2S(=O)(=O)c1cccc(OC)c1. The van der Waals surface area contributed by atoms with Crippen LogP contribution in [0.2, 0.25) is 0 Å². The quantitative estimate of drug-likeness (QED) is 0.514. The fourth-order valence-electron chi connectivity index (χ4n) is 4.47. The van der Waals surface area contributed by atoms with Gasteiger partial charge >= 0.3 is 5.69 Å². The number of hydrogen-bond acceptors (Lipinski definition) is 5. The van der Waals surface area contributed by atoms with Crippen molar-refractivity contribution >= 4 is 21.1 Å². The Balaban J connectivity index is 2.37. The molecular weight excluding hydrogens is 428 g/mol. The second kappa shape index (κ2) is 8.31. The van der Waals surface area contributed by atoms with Crippen LogP contribution in [0.1, 0.15) is 48.0 Å². The van der Waals surface area contributed by atoms with Crippen molar-refractivity contribution in [3.8, 4) is 11.5 Å². The van der Waals surface area contributed by atoms with Crippen molar-refractivity contribution in [2.75, 3.05) is 13.7 Å². The van der Waals surface area contributed by atoms with E-state index in [1.165, 1.54) is 19.2 Å². The maximum absolute atomic E-state index is 13.7. The Morgan fingerprint density at radius 2 is 1.62 bits per heavy atom. The molecule has 0 atom stereocenters. The Labute approximate surface area is 189 Å². The lowest BCUT2D eigenvalue weighted by atomic mass is 9.81. The topological polar surface area (TPSA) is 79.5 Å². The zero-order chi connectivity index (χ0) is 23.9. The zero-order valence-electron chi connectivity index (χ0n) is 19.8. The van der Waals surface area contributed by atoms with Gasteiger partial charge in [-0.3, -0.25) is 4.57 Å². The average molecular weight is 461 g/mol. The van der Waals surface area contributed by atoms with E-state index < -0.39 is 21.3 Å². The zero-order valence-corrected chi connectivity index (χ0v) is 20.6. The summed E-state index contributed by atoms with van der Waals surface area (Å²) in [6.07, 6.45) is 0.664. The lowest BCUT2D eigenvalue weighted by Gasteiger charge is -2.33. The van der Waals surface area contributed by atoms with Crippen molar-refractivity contribution < 1.29 is 17.9 Å². The average Bonchev–Trinajstić information content (AvgIpc) is 2.99. The Bertz CT molecular complexity index is 1290. The lowest BCUT2D eigenvalue weighted by molar-refractivity contribution is 0.215. The standard InChI is InChI=1S/C24H32N2O5S/c1-8-31-18-12-13-20-21(15-18)25(24(5,6)16-23(2,3)4)22(27)26(20)32(28,29)19-11-9-10-17(14-19)30-7/h9-15H,8,16H2,1-7H3. The van der Waals surface area contributed by atoms with E-state index in [1.807, 2.05) is 20.8 Å². The monoisotopic (exact) mass is 460 g/mol. The molecule has 0 radical (unpaired) electrons. The maximum Gasteiger partial charge on any atom is 0.343 e. The van der Waals surface area contributed by atoms with Gasteiger partial charge in [-0.2, -0.15) is 3.97 Å². The molecule has 1 heterocycles. The Hall–Kier alpha value is -2.74. The summed E-state index contributed by atoms with van der Waals surface area (Å²) in [5.41, 5.74) is -0.510. The number of imidazole rings is 1. The molecular formula is C24H32N2O5S. The number of benzene rings is 2. The van der Waals surface area contributed by atoms with Crippen molar-refractivity contribution in [2.24, 2.45) is 5.41 Å². The number of fused-ring (bicyclic) bond motifs is 1. The van der Waals surface area contributed by atoms with Gasteiger partial charge in [0.2, 0.25) is 0 Å². The van der Waals surface area contributed by atoms with Crippen LogP contribution in [0.25, 0.3) is 11.0 Å². The van der Waals surface area contributed by atoms with Gasteiger partial charge in [0.15, 0.2) is 0 Å². The van der Waals surface area contributed by atoms with Crippen LogP contribution in [0.4, 0.5) is 0 Å². The summed E-state index contributed by atoms with van der Waals surface area (Å²) in [6, 6.07) is 11.2. The molecule has 8 heteroatoms. The molecule has 0 N–H and O–H groups in total. The van der Waals surface area contributed by atoms with E-state index in [0.717, 1.165) is 3.97 Å². The van der Waals surface area contributed by atoms with Crippen LogP contribution >= 0.6 is 0 Å². The fourth-order valence-corrected chi connectivity index (χ4v) is 5.90. The minimum Gasteiger partial charge on any atom is -0.497 e. The fraction of sp³-hybridized carbons (Fsp3) is 0.458. The molecule has 0 aliphatic rings. The highest BCUT2D eigenvalue weighted by Gasteiger charge is 2.34. The van der Waals surface area contributed by atoms with Crippen molar-refractivity contribution in [1.82, 2.24) is 8.54 Å². The summed E-state index contributed by atoms with van der Waals surface area (Å²) >= 11 is 0. The number of nitrogens with zero attached hydrogens (tertiary/aromatic N) is 2. The van der Waals surface area contributed by atoms with Crippen molar-refractivity contribution in [2.45, 2.75) is 58.4 Å². The summed E-state index contributed by atoms with van der Waals surface area (Å²) in [4.78, 5) is 13.7. The minimum atomic E-state index is -4.17. The van der Waals surface area contributed by atoms with Crippen LogP contribution in [0, 0.1) is 5.41 Å². The van der Waals surface area contributed by atoms with Gasteiger partial charge < -0.3 is 9.47 Å². The van der Waals surface area contributed by atoms with Crippen LogP contribution in [-0.2, 0) is 15.6 Å². The molecule has 0 unspecified atom stereocenters. The molecule has 3 rings (SSSR count). The lowest BCUT2D eigenvalue weighted by Crippen LogP contribution is -2.40. The third kappa shape index (κ3) is 4.41. The Morgan fingerprint density at radius 3 is 2.22 bits per heavy atom.